The Bertz CT molecular complexity index is 1290. The van der Waals surface area contributed by atoms with Crippen LogP contribution in [0.5, 0.6) is 0 Å². The average molecular weight is 522 g/mol. The van der Waals surface area contributed by atoms with Crippen molar-refractivity contribution in [1.82, 2.24) is 9.97 Å². The van der Waals surface area contributed by atoms with Gasteiger partial charge in [-0.2, -0.15) is 13.2 Å². The van der Waals surface area contributed by atoms with E-state index in [1.54, 1.807) is 18.2 Å². The summed E-state index contributed by atoms with van der Waals surface area (Å²) in [5, 5.41) is 10.9. The summed E-state index contributed by atoms with van der Waals surface area (Å²) in [6, 6.07) is 9.45. The van der Waals surface area contributed by atoms with Gasteiger partial charge in [-0.3, -0.25) is 0 Å². The zero-order valence-electron chi connectivity index (χ0n) is 19.1. The summed E-state index contributed by atoms with van der Waals surface area (Å²) in [7, 11) is 0. The van der Waals surface area contributed by atoms with Gasteiger partial charge in [-0.15, -0.1) is 0 Å². The van der Waals surface area contributed by atoms with Crippen LogP contribution in [0.1, 0.15) is 40.9 Å². The zero-order valence-corrected chi connectivity index (χ0v) is 20.6. The minimum Gasteiger partial charge on any atom is -0.390 e. The molecule has 35 heavy (non-hydrogen) atoms. The average Bonchev–Trinajstić information content (AvgIpc) is 3.17. The number of piperidine rings is 1. The molecule has 2 aliphatic rings. The number of rotatable bonds is 3. The van der Waals surface area contributed by atoms with Crippen molar-refractivity contribution in [1.29, 1.82) is 0 Å². The molecular formula is C26H24Cl2F3N3O. The molecule has 4 nitrogen and oxygen atoms in total. The highest BCUT2D eigenvalue weighted by Gasteiger charge is 2.42. The first-order valence-corrected chi connectivity index (χ1v) is 12.2. The Morgan fingerprint density at radius 2 is 1.74 bits per heavy atom. The van der Waals surface area contributed by atoms with Crippen molar-refractivity contribution >= 4 is 29.0 Å². The molecule has 1 fully saturated rings. The van der Waals surface area contributed by atoms with Gasteiger partial charge in [-0.05, 0) is 67.3 Å². The Labute approximate surface area is 211 Å². The fraction of sp³-hybridized carbons (Fsp3) is 0.385. The summed E-state index contributed by atoms with van der Waals surface area (Å²) in [6.45, 7) is 2.96. The van der Waals surface area contributed by atoms with E-state index in [4.69, 9.17) is 28.2 Å². The van der Waals surface area contributed by atoms with E-state index in [-0.39, 0.29) is 12.0 Å². The lowest BCUT2D eigenvalue weighted by Crippen LogP contribution is -2.41. The van der Waals surface area contributed by atoms with Gasteiger partial charge < -0.3 is 10.0 Å². The summed E-state index contributed by atoms with van der Waals surface area (Å²) in [4.78, 5) is 11.6. The molecule has 2 heterocycles. The number of nitrogens with zero attached hydrogens (tertiary/aromatic N) is 3. The second-order valence-electron chi connectivity index (χ2n) is 9.51. The first kappa shape index (κ1) is 24.3. The van der Waals surface area contributed by atoms with Crippen molar-refractivity contribution in [2.45, 2.75) is 45.4 Å². The molecule has 9 heteroatoms. The van der Waals surface area contributed by atoms with Crippen LogP contribution in [0.25, 0.3) is 11.3 Å². The number of alkyl halides is 3. The maximum absolute atomic E-state index is 13.2. The van der Waals surface area contributed by atoms with E-state index in [1.807, 2.05) is 13.0 Å². The van der Waals surface area contributed by atoms with E-state index in [2.05, 4.69) is 9.88 Å². The third-order valence-corrected chi connectivity index (χ3v) is 8.08. The third kappa shape index (κ3) is 4.50. The fourth-order valence-electron chi connectivity index (χ4n) is 5.40. The van der Waals surface area contributed by atoms with Crippen LogP contribution in [-0.4, -0.2) is 28.2 Å². The number of hydrogen-bond acceptors (Lipinski definition) is 4. The molecule has 0 amide bonds. The predicted octanol–water partition coefficient (Wildman–Crippen LogP) is 6.66. The number of anilines is 1. The zero-order chi connectivity index (χ0) is 25.0. The molecule has 1 aliphatic heterocycles. The number of aryl methyl sites for hydroxylation is 1. The van der Waals surface area contributed by atoms with Gasteiger partial charge in [0, 0.05) is 18.7 Å². The smallest absolute Gasteiger partial charge is 0.390 e. The van der Waals surface area contributed by atoms with Crippen LogP contribution in [0.4, 0.5) is 19.0 Å². The Morgan fingerprint density at radius 1 is 1.03 bits per heavy atom. The van der Waals surface area contributed by atoms with Crippen LogP contribution in [0, 0.1) is 12.3 Å². The molecule has 0 radical (unpaired) electrons. The predicted molar refractivity (Wildman–Crippen MR) is 131 cm³/mol. The molecule has 0 saturated carbocycles. The minimum atomic E-state index is -4.33. The number of aliphatic hydroxyl groups is 1. The molecule has 2 aromatic carbocycles. The number of aliphatic hydroxyl groups excluding tert-OH is 1. The van der Waals surface area contributed by atoms with Gasteiger partial charge >= 0.3 is 6.18 Å². The van der Waals surface area contributed by atoms with Crippen molar-refractivity contribution < 1.29 is 18.3 Å². The summed E-state index contributed by atoms with van der Waals surface area (Å²) in [5.74, 6) is 0.636. The van der Waals surface area contributed by atoms with Crippen molar-refractivity contribution in [2.24, 2.45) is 5.41 Å². The summed E-state index contributed by atoms with van der Waals surface area (Å²) in [6.07, 6.45) is -1.22. The lowest BCUT2D eigenvalue weighted by Gasteiger charge is -2.40. The number of aromatic nitrogens is 2. The van der Waals surface area contributed by atoms with Gasteiger partial charge in [0.1, 0.15) is 5.69 Å². The summed E-state index contributed by atoms with van der Waals surface area (Å²) >= 11 is 12.6. The van der Waals surface area contributed by atoms with E-state index in [9.17, 15) is 18.3 Å². The van der Waals surface area contributed by atoms with E-state index < -0.39 is 11.7 Å². The van der Waals surface area contributed by atoms with E-state index in [0.717, 1.165) is 30.4 Å². The SMILES string of the molecule is Cc1nc(N2CCC3(CC2)Cc2ccc(C(F)(F)F)cc2C3)c(CO)nc1-c1cccc(Cl)c1Cl. The van der Waals surface area contributed by atoms with Gasteiger partial charge in [0.2, 0.25) is 0 Å². The lowest BCUT2D eigenvalue weighted by molar-refractivity contribution is -0.137. The second-order valence-corrected chi connectivity index (χ2v) is 10.3. The molecule has 0 unspecified atom stereocenters. The van der Waals surface area contributed by atoms with Crippen LogP contribution >= 0.6 is 23.2 Å². The number of halogens is 5. The normalized spacial score (nSPS) is 17.2. The van der Waals surface area contributed by atoms with Gasteiger partial charge in [0.05, 0.1) is 33.6 Å². The Balaban J connectivity index is 1.37. The molecule has 0 atom stereocenters. The van der Waals surface area contributed by atoms with Crippen LogP contribution in [-0.2, 0) is 25.6 Å². The lowest BCUT2D eigenvalue weighted by atomic mass is 9.76. The number of fused-ring (bicyclic) bond motifs is 1. The van der Waals surface area contributed by atoms with E-state index >= 15 is 0 Å². The molecule has 184 valence electrons. The van der Waals surface area contributed by atoms with Crippen LogP contribution in [0.2, 0.25) is 10.0 Å². The van der Waals surface area contributed by atoms with Gasteiger partial charge in [0.25, 0.3) is 0 Å². The highest BCUT2D eigenvalue weighted by Crippen LogP contribution is 2.46. The van der Waals surface area contributed by atoms with E-state index in [0.29, 0.717) is 58.0 Å². The fourth-order valence-corrected chi connectivity index (χ4v) is 5.79. The molecule has 0 bridgehead atoms. The maximum atomic E-state index is 13.2. The van der Waals surface area contributed by atoms with Crippen LogP contribution < -0.4 is 4.90 Å². The quantitative estimate of drug-likeness (QED) is 0.418. The topological polar surface area (TPSA) is 49.2 Å². The third-order valence-electron chi connectivity index (χ3n) is 7.27. The highest BCUT2D eigenvalue weighted by molar-refractivity contribution is 6.43. The monoisotopic (exact) mass is 521 g/mol. The molecule has 1 aromatic heterocycles. The van der Waals surface area contributed by atoms with Crippen LogP contribution in [0.3, 0.4) is 0 Å². The van der Waals surface area contributed by atoms with Crippen molar-refractivity contribution in [2.75, 3.05) is 18.0 Å². The first-order chi connectivity index (χ1) is 16.6. The van der Waals surface area contributed by atoms with Gasteiger partial charge in [0.15, 0.2) is 5.82 Å². The Morgan fingerprint density at radius 3 is 2.43 bits per heavy atom. The molecular weight excluding hydrogens is 498 g/mol. The molecule has 1 spiro atoms. The first-order valence-electron chi connectivity index (χ1n) is 11.5. The maximum Gasteiger partial charge on any atom is 0.416 e. The molecule has 3 aromatic rings. The Hall–Kier alpha value is -2.35. The van der Waals surface area contributed by atoms with E-state index in [1.165, 1.54) is 12.1 Å². The van der Waals surface area contributed by atoms with Gasteiger partial charge in [-0.25, -0.2) is 9.97 Å². The standard InChI is InChI=1S/C26H24Cl2F3N3O/c1-15-23(19-3-2-4-20(27)22(19)28)33-21(14-35)24(32-15)34-9-7-25(8-10-34)12-16-5-6-18(26(29,30)31)11-17(16)13-25/h2-6,11,35H,7-10,12-14H2,1H3. The molecule has 5 rings (SSSR count). The number of hydrogen-bond donors (Lipinski definition) is 1. The Kier molecular flexibility index (Phi) is 6.22. The molecule has 1 N–H and O–H groups in total. The van der Waals surface area contributed by atoms with Crippen LogP contribution in [0.15, 0.2) is 36.4 Å². The second kappa shape index (κ2) is 8.95. The summed E-state index contributed by atoms with van der Waals surface area (Å²) in [5.41, 5.74) is 3.57. The number of benzene rings is 2. The van der Waals surface area contributed by atoms with Crippen molar-refractivity contribution in [3.05, 3.63) is 74.5 Å². The highest BCUT2D eigenvalue weighted by atomic mass is 35.5. The summed E-state index contributed by atoms with van der Waals surface area (Å²) < 4.78 is 39.5. The molecule has 1 saturated heterocycles. The van der Waals surface area contributed by atoms with Gasteiger partial charge in [-0.1, -0.05) is 41.4 Å². The largest absolute Gasteiger partial charge is 0.416 e. The minimum absolute atomic E-state index is 0.0425. The molecule has 1 aliphatic carbocycles. The van der Waals surface area contributed by atoms with Crippen molar-refractivity contribution in [3.63, 3.8) is 0 Å². The van der Waals surface area contributed by atoms with Crippen molar-refractivity contribution in [3.8, 4) is 11.3 Å².